The van der Waals surface area contributed by atoms with Crippen LogP contribution in [0.5, 0.6) is 0 Å². The highest BCUT2D eigenvalue weighted by Gasteiger charge is 2.29. The maximum Gasteiger partial charge on any atom is 0.341 e. The number of halogens is 3. The van der Waals surface area contributed by atoms with E-state index in [-0.39, 0.29) is 0 Å². The van der Waals surface area contributed by atoms with Crippen LogP contribution in [0.25, 0.3) is 0 Å². The van der Waals surface area contributed by atoms with Crippen molar-refractivity contribution in [3.8, 4) is 0 Å². The van der Waals surface area contributed by atoms with Gasteiger partial charge in [-0.05, 0) is 6.92 Å². The van der Waals surface area contributed by atoms with Crippen LogP contribution in [0.1, 0.15) is 26.3 Å². The Hall–Kier alpha value is -2.05. The van der Waals surface area contributed by atoms with Crippen LogP contribution >= 0.6 is 0 Å². The average molecular weight is 234 g/mol. The maximum atomic E-state index is 13.3. The van der Waals surface area contributed by atoms with Crippen molar-refractivity contribution in [3.63, 3.8) is 0 Å². The Morgan fingerprint density at radius 3 is 1.69 bits per heavy atom. The molecule has 0 fully saturated rings. The summed E-state index contributed by atoms with van der Waals surface area (Å²) in [5, 5.41) is 17.0. The van der Waals surface area contributed by atoms with Gasteiger partial charge < -0.3 is 10.2 Å². The van der Waals surface area contributed by atoms with Crippen molar-refractivity contribution in [1.82, 2.24) is 0 Å². The van der Waals surface area contributed by atoms with Crippen molar-refractivity contribution >= 4 is 11.9 Å². The molecule has 0 amide bonds. The molecule has 1 rings (SSSR count). The molecule has 0 aliphatic rings. The minimum atomic E-state index is -2.07. The van der Waals surface area contributed by atoms with Gasteiger partial charge in [0.25, 0.3) is 0 Å². The van der Waals surface area contributed by atoms with E-state index in [1.165, 1.54) is 0 Å². The van der Waals surface area contributed by atoms with E-state index in [1.807, 2.05) is 0 Å². The summed E-state index contributed by atoms with van der Waals surface area (Å²) in [6, 6.07) is 0. The Kier molecular flexibility index (Phi) is 2.88. The van der Waals surface area contributed by atoms with Gasteiger partial charge in [0.15, 0.2) is 17.5 Å². The van der Waals surface area contributed by atoms with E-state index >= 15 is 0 Å². The number of carboxylic acids is 2. The molecule has 0 unspecified atom stereocenters. The molecule has 0 heterocycles. The zero-order valence-electron chi connectivity index (χ0n) is 7.84. The van der Waals surface area contributed by atoms with Crippen molar-refractivity contribution < 1.29 is 33.0 Å². The van der Waals surface area contributed by atoms with Crippen LogP contribution < -0.4 is 0 Å². The largest absolute Gasteiger partial charge is 0.478 e. The van der Waals surface area contributed by atoms with Crippen LogP contribution in [0, 0.1) is 24.4 Å². The van der Waals surface area contributed by atoms with Crippen LogP contribution in [-0.4, -0.2) is 22.2 Å². The maximum absolute atomic E-state index is 13.3. The summed E-state index contributed by atoms with van der Waals surface area (Å²) >= 11 is 0. The SMILES string of the molecule is Cc1c(F)c(F)c(C(=O)O)c(F)c1C(=O)O. The second-order valence-electron chi connectivity index (χ2n) is 2.93. The molecule has 4 nitrogen and oxygen atoms in total. The molecule has 2 N–H and O–H groups in total. The second kappa shape index (κ2) is 3.84. The summed E-state index contributed by atoms with van der Waals surface area (Å²) in [4.78, 5) is 21.0. The van der Waals surface area contributed by atoms with Gasteiger partial charge in [-0.25, -0.2) is 22.8 Å². The zero-order chi connectivity index (χ0) is 12.6. The lowest BCUT2D eigenvalue weighted by Crippen LogP contribution is -2.15. The van der Waals surface area contributed by atoms with E-state index in [4.69, 9.17) is 10.2 Å². The highest BCUT2D eigenvalue weighted by atomic mass is 19.2. The lowest BCUT2D eigenvalue weighted by molar-refractivity contribution is 0.0681. The first-order valence-electron chi connectivity index (χ1n) is 3.92. The molecule has 1 aromatic carbocycles. The summed E-state index contributed by atoms with van der Waals surface area (Å²) < 4.78 is 39.4. The fraction of sp³-hybridized carbons (Fsp3) is 0.111. The van der Waals surface area contributed by atoms with E-state index in [1.54, 1.807) is 0 Å². The number of carboxylic acid groups (broad SMARTS) is 2. The van der Waals surface area contributed by atoms with E-state index in [2.05, 4.69) is 0 Å². The molecular weight excluding hydrogens is 229 g/mol. The van der Waals surface area contributed by atoms with Gasteiger partial charge in [0, 0.05) is 5.56 Å². The first kappa shape index (κ1) is 12.0. The minimum absolute atomic E-state index is 0.785. The van der Waals surface area contributed by atoms with Gasteiger partial charge in [0.1, 0.15) is 11.1 Å². The van der Waals surface area contributed by atoms with Gasteiger partial charge in [-0.3, -0.25) is 0 Å². The average Bonchev–Trinajstić information content (AvgIpc) is 2.13. The normalized spacial score (nSPS) is 10.2. The van der Waals surface area contributed by atoms with Crippen molar-refractivity contribution in [2.24, 2.45) is 0 Å². The summed E-state index contributed by atoms with van der Waals surface area (Å²) in [6.07, 6.45) is 0. The molecule has 0 bridgehead atoms. The molecule has 1 aromatic rings. The second-order valence-corrected chi connectivity index (χ2v) is 2.93. The number of hydrogen-bond acceptors (Lipinski definition) is 2. The Labute approximate surface area is 86.9 Å². The highest BCUT2D eigenvalue weighted by molar-refractivity contribution is 5.95. The van der Waals surface area contributed by atoms with E-state index < -0.39 is 46.1 Å². The molecule has 0 saturated carbocycles. The molecule has 0 atom stereocenters. The smallest absolute Gasteiger partial charge is 0.341 e. The van der Waals surface area contributed by atoms with E-state index in [0.717, 1.165) is 6.92 Å². The van der Waals surface area contributed by atoms with Crippen LogP contribution in [0.2, 0.25) is 0 Å². The zero-order valence-corrected chi connectivity index (χ0v) is 7.84. The number of benzene rings is 1. The molecule has 0 aromatic heterocycles. The fourth-order valence-corrected chi connectivity index (χ4v) is 1.21. The van der Waals surface area contributed by atoms with Crippen LogP contribution in [-0.2, 0) is 0 Å². The number of rotatable bonds is 2. The number of hydrogen-bond donors (Lipinski definition) is 2. The predicted octanol–water partition coefficient (Wildman–Crippen LogP) is 1.81. The molecule has 16 heavy (non-hydrogen) atoms. The third kappa shape index (κ3) is 1.60. The van der Waals surface area contributed by atoms with Crippen molar-refractivity contribution in [1.29, 1.82) is 0 Å². The van der Waals surface area contributed by atoms with Crippen molar-refractivity contribution in [3.05, 3.63) is 34.1 Å². The van der Waals surface area contributed by atoms with Crippen LogP contribution in [0.3, 0.4) is 0 Å². The third-order valence-corrected chi connectivity index (χ3v) is 1.98. The van der Waals surface area contributed by atoms with Crippen LogP contribution in [0.4, 0.5) is 13.2 Å². The van der Waals surface area contributed by atoms with Gasteiger partial charge >= 0.3 is 11.9 Å². The first-order valence-corrected chi connectivity index (χ1v) is 3.92. The quantitative estimate of drug-likeness (QED) is 0.765. The van der Waals surface area contributed by atoms with Gasteiger partial charge in [0.05, 0.1) is 0 Å². The van der Waals surface area contributed by atoms with Gasteiger partial charge in [-0.2, -0.15) is 0 Å². The highest BCUT2D eigenvalue weighted by Crippen LogP contribution is 2.24. The Morgan fingerprint density at radius 2 is 1.31 bits per heavy atom. The van der Waals surface area contributed by atoms with Crippen LogP contribution in [0.15, 0.2) is 0 Å². The van der Waals surface area contributed by atoms with E-state index in [0.29, 0.717) is 0 Å². The molecule has 0 aliphatic carbocycles. The summed E-state index contributed by atoms with van der Waals surface area (Å²) in [5.74, 6) is -9.33. The van der Waals surface area contributed by atoms with E-state index in [9.17, 15) is 22.8 Å². The van der Waals surface area contributed by atoms with Crippen molar-refractivity contribution in [2.45, 2.75) is 6.92 Å². The Morgan fingerprint density at radius 1 is 0.875 bits per heavy atom. The van der Waals surface area contributed by atoms with Gasteiger partial charge in [-0.1, -0.05) is 0 Å². The Bertz CT molecular complexity index is 455. The molecule has 86 valence electrons. The lowest BCUT2D eigenvalue weighted by Gasteiger charge is -2.08. The third-order valence-electron chi connectivity index (χ3n) is 1.98. The predicted molar refractivity (Wildman–Crippen MR) is 45.0 cm³/mol. The minimum Gasteiger partial charge on any atom is -0.478 e. The topological polar surface area (TPSA) is 74.6 Å². The monoisotopic (exact) mass is 234 g/mol. The summed E-state index contributed by atoms with van der Waals surface area (Å²) in [7, 11) is 0. The Balaban J connectivity index is 3.80. The molecule has 7 heteroatoms. The molecular formula is C9H5F3O4. The molecule has 0 saturated heterocycles. The number of aromatic carboxylic acids is 2. The number of carbonyl (C=O) groups is 2. The standard InChI is InChI=1S/C9H5F3O4/c1-2-3(8(13)14)6(11)4(9(15)16)7(12)5(2)10/h1H3,(H,13,14)(H,15,16). The summed E-state index contributed by atoms with van der Waals surface area (Å²) in [6.45, 7) is 0.844. The summed E-state index contributed by atoms with van der Waals surface area (Å²) in [5.41, 5.74) is -3.58. The molecule has 0 spiro atoms. The van der Waals surface area contributed by atoms with Gasteiger partial charge in [-0.15, -0.1) is 0 Å². The fourth-order valence-electron chi connectivity index (χ4n) is 1.21. The van der Waals surface area contributed by atoms with Gasteiger partial charge in [0.2, 0.25) is 0 Å². The molecule has 0 radical (unpaired) electrons. The lowest BCUT2D eigenvalue weighted by atomic mass is 10.0. The molecule has 0 aliphatic heterocycles. The first-order chi connectivity index (χ1) is 7.29. The van der Waals surface area contributed by atoms with Crippen molar-refractivity contribution in [2.75, 3.05) is 0 Å².